The summed E-state index contributed by atoms with van der Waals surface area (Å²) >= 11 is 5.96. The molecule has 1 N–H and O–H groups in total. The molecule has 1 aliphatic carbocycles. The molecule has 4 rings (SSSR count). The van der Waals surface area contributed by atoms with Crippen LogP contribution in [0, 0.1) is 0 Å². The van der Waals surface area contributed by atoms with E-state index in [1.165, 1.54) is 11.8 Å². The van der Waals surface area contributed by atoms with Gasteiger partial charge in [0.1, 0.15) is 5.02 Å². The fourth-order valence-corrected chi connectivity index (χ4v) is 4.55. The molecule has 1 amide bonds. The Labute approximate surface area is 176 Å². The number of aromatic nitrogens is 2. The molecule has 6 nitrogen and oxygen atoms in total. The van der Waals surface area contributed by atoms with Gasteiger partial charge in [-0.25, -0.2) is 4.79 Å². The minimum absolute atomic E-state index is 0.0424. The average molecular weight is 418 g/mol. The third-order valence-electron chi connectivity index (χ3n) is 6.08. The molecule has 1 atom stereocenters. The molecule has 0 radical (unpaired) electrons. The first kappa shape index (κ1) is 20.2. The zero-order valence-electron chi connectivity index (χ0n) is 16.6. The number of piperidine rings is 1. The third kappa shape index (κ3) is 5.11. The Morgan fingerprint density at radius 2 is 1.93 bits per heavy atom. The number of nitrogens with zero attached hydrogens (tertiary/aromatic N) is 2. The Hall–Kier alpha value is -2.05. The van der Waals surface area contributed by atoms with Gasteiger partial charge in [0.25, 0.3) is 5.88 Å². The van der Waals surface area contributed by atoms with Gasteiger partial charge in [0, 0.05) is 12.7 Å². The quantitative estimate of drug-likeness (QED) is 0.729. The first-order valence-electron chi connectivity index (χ1n) is 10.5. The van der Waals surface area contributed by atoms with Gasteiger partial charge in [0.05, 0.1) is 18.8 Å². The Morgan fingerprint density at radius 3 is 2.66 bits per heavy atom. The molecule has 2 aromatic rings. The summed E-state index contributed by atoms with van der Waals surface area (Å²) < 4.78 is 11.6. The predicted octanol–water partition coefficient (Wildman–Crippen LogP) is 5.16. The first-order chi connectivity index (χ1) is 14.2. The van der Waals surface area contributed by atoms with Crippen LogP contribution in [-0.2, 0) is 4.74 Å². The van der Waals surface area contributed by atoms with E-state index >= 15 is 0 Å². The largest absolute Gasteiger partial charge is 0.417 e. The van der Waals surface area contributed by atoms with Gasteiger partial charge in [-0.05, 0) is 56.4 Å². The molecule has 1 saturated carbocycles. The Morgan fingerprint density at radius 1 is 1.14 bits per heavy atom. The molecule has 0 bridgehead atoms. The zero-order chi connectivity index (χ0) is 20.1. The highest BCUT2D eigenvalue weighted by Crippen LogP contribution is 2.34. The van der Waals surface area contributed by atoms with Gasteiger partial charge in [0.2, 0.25) is 0 Å². The molecule has 2 fully saturated rings. The summed E-state index contributed by atoms with van der Waals surface area (Å²) in [7, 11) is 0. The van der Waals surface area contributed by atoms with Crippen LogP contribution in [0.5, 0.6) is 5.88 Å². The average Bonchev–Trinajstić information content (AvgIpc) is 3.17. The molecule has 1 aromatic carbocycles. The predicted molar refractivity (Wildman–Crippen MR) is 111 cm³/mol. The highest BCUT2D eigenvalue weighted by atomic mass is 35.5. The first-order valence-corrected chi connectivity index (χ1v) is 10.9. The number of halogens is 1. The van der Waals surface area contributed by atoms with Crippen LogP contribution in [0.2, 0.25) is 5.02 Å². The number of carbonyl (C=O) groups excluding carboxylic acids is 1. The highest BCUT2D eigenvalue weighted by Gasteiger charge is 2.31. The Kier molecular flexibility index (Phi) is 6.72. The lowest BCUT2D eigenvalue weighted by atomic mass is 9.83. The van der Waals surface area contributed by atoms with Crippen LogP contribution in [-0.4, -0.2) is 46.5 Å². The minimum atomic E-state index is -0.403. The summed E-state index contributed by atoms with van der Waals surface area (Å²) in [5, 5.41) is 6.77. The van der Waals surface area contributed by atoms with Crippen molar-refractivity contribution in [1.82, 2.24) is 15.1 Å². The SMILES string of the molecule is O=C(Oc1n[nH]cc1Cl)N1CCCCC1CO[C@H]1CC[C@@H](c2ccccc2)CC1. The number of hydrogen-bond acceptors (Lipinski definition) is 4. The van der Waals surface area contributed by atoms with Crippen molar-refractivity contribution in [1.29, 1.82) is 0 Å². The van der Waals surface area contributed by atoms with Gasteiger partial charge >= 0.3 is 6.09 Å². The summed E-state index contributed by atoms with van der Waals surface area (Å²) in [4.78, 5) is 14.4. The van der Waals surface area contributed by atoms with Crippen molar-refractivity contribution in [2.24, 2.45) is 0 Å². The van der Waals surface area contributed by atoms with Gasteiger partial charge < -0.3 is 14.4 Å². The second-order valence-electron chi connectivity index (χ2n) is 7.97. The number of likely N-dealkylation sites (tertiary alicyclic amines) is 1. The van der Waals surface area contributed by atoms with Crippen molar-refractivity contribution in [3.8, 4) is 5.88 Å². The van der Waals surface area contributed by atoms with E-state index in [1.54, 1.807) is 4.90 Å². The van der Waals surface area contributed by atoms with E-state index in [1.807, 2.05) is 0 Å². The third-order valence-corrected chi connectivity index (χ3v) is 6.35. The molecular weight excluding hydrogens is 390 g/mol. The van der Waals surface area contributed by atoms with Crippen molar-refractivity contribution in [3.05, 3.63) is 47.1 Å². The topological polar surface area (TPSA) is 67.5 Å². The number of ether oxygens (including phenoxy) is 2. The van der Waals surface area contributed by atoms with Crippen LogP contribution in [0.4, 0.5) is 4.79 Å². The van der Waals surface area contributed by atoms with Crippen LogP contribution in [0.3, 0.4) is 0 Å². The summed E-state index contributed by atoms with van der Waals surface area (Å²) in [6, 6.07) is 10.8. The molecule has 29 heavy (non-hydrogen) atoms. The smallest absolute Gasteiger partial charge is 0.388 e. The van der Waals surface area contributed by atoms with E-state index in [0.29, 0.717) is 24.1 Å². The fourth-order valence-electron chi connectivity index (χ4n) is 4.42. The second-order valence-corrected chi connectivity index (χ2v) is 8.37. The summed E-state index contributed by atoms with van der Waals surface area (Å²) in [6.07, 6.45) is 8.82. The number of carbonyl (C=O) groups is 1. The van der Waals surface area contributed by atoms with Crippen molar-refractivity contribution >= 4 is 17.7 Å². The maximum absolute atomic E-state index is 12.6. The molecule has 1 aromatic heterocycles. The van der Waals surface area contributed by atoms with Gasteiger partial charge in [0.15, 0.2) is 0 Å². The zero-order valence-corrected chi connectivity index (χ0v) is 17.3. The molecule has 1 aliphatic heterocycles. The van der Waals surface area contributed by atoms with Gasteiger partial charge in [-0.3, -0.25) is 5.10 Å². The number of amides is 1. The number of nitrogens with one attached hydrogen (secondary N) is 1. The number of H-pyrrole nitrogens is 1. The van der Waals surface area contributed by atoms with E-state index < -0.39 is 6.09 Å². The van der Waals surface area contributed by atoms with Crippen LogP contribution in [0.25, 0.3) is 0 Å². The van der Waals surface area contributed by atoms with Crippen molar-refractivity contribution in [2.75, 3.05) is 13.2 Å². The van der Waals surface area contributed by atoms with Crippen LogP contribution >= 0.6 is 11.6 Å². The highest BCUT2D eigenvalue weighted by molar-refractivity contribution is 6.31. The lowest BCUT2D eigenvalue weighted by Gasteiger charge is -2.36. The molecule has 2 aliphatic rings. The number of aromatic amines is 1. The molecule has 0 spiro atoms. The van der Waals surface area contributed by atoms with Crippen LogP contribution in [0.1, 0.15) is 56.4 Å². The number of rotatable bonds is 5. The summed E-state index contributed by atoms with van der Waals surface area (Å²) in [5.41, 5.74) is 1.43. The molecular formula is C22H28ClN3O3. The van der Waals surface area contributed by atoms with E-state index in [-0.39, 0.29) is 18.0 Å². The molecule has 156 valence electrons. The van der Waals surface area contributed by atoms with Crippen molar-refractivity contribution in [3.63, 3.8) is 0 Å². The maximum Gasteiger partial charge on any atom is 0.417 e. The van der Waals surface area contributed by atoms with E-state index in [2.05, 4.69) is 40.5 Å². The second kappa shape index (κ2) is 9.63. The number of benzene rings is 1. The molecule has 7 heteroatoms. The van der Waals surface area contributed by atoms with Crippen molar-refractivity contribution < 1.29 is 14.3 Å². The van der Waals surface area contributed by atoms with E-state index in [0.717, 1.165) is 44.9 Å². The van der Waals surface area contributed by atoms with Gasteiger partial charge in [-0.2, -0.15) is 0 Å². The van der Waals surface area contributed by atoms with E-state index in [9.17, 15) is 4.79 Å². The number of hydrogen-bond donors (Lipinski definition) is 1. The van der Waals surface area contributed by atoms with Crippen LogP contribution < -0.4 is 4.74 Å². The van der Waals surface area contributed by atoms with Crippen molar-refractivity contribution in [2.45, 2.75) is 63.0 Å². The van der Waals surface area contributed by atoms with E-state index in [4.69, 9.17) is 21.1 Å². The molecule has 2 heterocycles. The van der Waals surface area contributed by atoms with Gasteiger partial charge in [-0.1, -0.05) is 41.9 Å². The lowest BCUT2D eigenvalue weighted by Crippen LogP contribution is -2.48. The Bertz CT molecular complexity index is 790. The lowest BCUT2D eigenvalue weighted by molar-refractivity contribution is -0.0154. The standard InChI is InChI=1S/C22H28ClN3O3/c23-20-14-24-25-21(20)29-22(27)26-13-5-4-8-18(26)15-28-19-11-9-17(10-12-19)16-6-2-1-3-7-16/h1-3,6-7,14,17-19H,4-5,8-13,15H2,(H,24,25)/t17-,18?,19+. The van der Waals surface area contributed by atoms with Crippen LogP contribution in [0.15, 0.2) is 36.5 Å². The summed E-state index contributed by atoms with van der Waals surface area (Å²) in [6.45, 7) is 1.24. The molecule has 1 saturated heterocycles. The minimum Gasteiger partial charge on any atom is -0.388 e. The maximum atomic E-state index is 12.6. The summed E-state index contributed by atoms with van der Waals surface area (Å²) in [5.74, 6) is 0.761. The van der Waals surface area contributed by atoms with Gasteiger partial charge in [-0.15, -0.1) is 5.10 Å². The molecule has 1 unspecified atom stereocenters. The monoisotopic (exact) mass is 417 g/mol. The Balaban J connectivity index is 1.27. The fraction of sp³-hybridized carbons (Fsp3) is 0.545. The normalized spacial score (nSPS) is 25.0.